The summed E-state index contributed by atoms with van der Waals surface area (Å²) in [5.41, 5.74) is 10.8. The molecule has 1 saturated heterocycles. The van der Waals surface area contributed by atoms with Crippen molar-refractivity contribution in [3.8, 4) is 11.3 Å². The van der Waals surface area contributed by atoms with Crippen LogP contribution in [-0.2, 0) is 16.1 Å². The highest BCUT2D eigenvalue weighted by Gasteiger charge is 2.34. The molecule has 35 heavy (non-hydrogen) atoms. The van der Waals surface area contributed by atoms with Gasteiger partial charge < -0.3 is 15.4 Å². The first-order valence-electron chi connectivity index (χ1n) is 11.9. The average Bonchev–Trinajstić information content (AvgIpc) is 3.56. The number of ether oxygens (including phenoxy) is 1. The van der Waals surface area contributed by atoms with Crippen LogP contribution >= 0.6 is 11.6 Å². The normalized spacial score (nSPS) is 18.8. The first-order valence-corrected chi connectivity index (χ1v) is 12.2. The van der Waals surface area contributed by atoms with E-state index in [-0.39, 0.29) is 18.6 Å². The molecule has 0 saturated carbocycles. The lowest BCUT2D eigenvalue weighted by Crippen LogP contribution is -2.42. The Hall–Kier alpha value is -3.42. The fraction of sp³-hybridized carbons (Fsp3) is 0.296. The van der Waals surface area contributed by atoms with Crippen LogP contribution in [0.2, 0.25) is 5.02 Å². The van der Waals surface area contributed by atoms with E-state index in [1.807, 2.05) is 76.4 Å². The highest BCUT2D eigenvalue weighted by molar-refractivity contribution is 6.30. The maximum absolute atomic E-state index is 13.9. The Balaban J connectivity index is 1.40. The van der Waals surface area contributed by atoms with Crippen LogP contribution in [0.25, 0.3) is 17.0 Å². The second kappa shape index (κ2) is 10.5. The molecule has 2 aliphatic rings. The minimum Gasteiger partial charge on any atom is -0.398 e. The molecule has 2 aromatic carbocycles. The number of rotatable bonds is 6. The number of aromatic nitrogens is 2. The topological polar surface area (TPSA) is 85.7 Å². The van der Waals surface area contributed by atoms with Gasteiger partial charge in [-0.15, -0.1) is 0 Å². The maximum atomic E-state index is 13.9. The molecule has 3 aromatic rings. The van der Waals surface area contributed by atoms with Gasteiger partial charge in [0.2, 0.25) is 0 Å². The Bertz CT molecular complexity index is 1250. The van der Waals surface area contributed by atoms with E-state index in [4.69, 9.17) is 27.2 Å². The maximum Gasteiger partial charge on any atom is 0.258 e. The number of carbonyl (C=O) groups excluding carboxylic acids is 1. The zero-order chi connectivity index (χ0) is 24.2. The number of carbonyl (C=O) groups is 1. The standard InChI is InChI=1S/C27H28ClN5O2/c28-21-10-8-19(9-11-21)23-12-15-32(31-23)17-22-7-4-14-33(22)27(34)25(24-18-35-16-13-30-24)26(29)20-5-2-1-3-6-20/h1-3,5-6,8-12,15,22H,4,7,13-14,16-18,29H2/b26-25+. The van der Waals surface area contributed by atoms with Crippen molar-refractivity contribution < 1.29 is 9.53 Å². The SMILES string of the molecule is N/C(=C(/C(=O)N1CCCC1Cn1ccc(-c2ccc(Cl)cc2)n1)C1=NCCOC1)c1ccccc1. The van der Waals surface area contributed by atoms with Crippen LogP contribution in [-0.4, -0.2) is 58.6 Å². The predicted molar refractivity (Wildman–Crippen MR) is 138 cm³/mol. The smallest absolute Gasteiger partial charge is 0.258 e. The van der Waals surface area contributed by atoms with Crippen molar-refractivity contribution >= 4 is 28.9 Å². The molecule has 1 unspecified atom stereocenters. The summed E-state index contributed by atoms with van der Waals surface area (Å²) < 4.78 is 7.53. The summed E-state index contributed by atoms with van der Waals surface area (Å²) in [5, 5.41) is 5.43. The highest BCUT2D eigenvalue weighted by Crippen LogP contribution is 2.26. The van der Waals surface area contributed by atoms with Crippen LogP contribution in [0.1, 0.15) is 18.4 Å². The van der Waals surface area contributed by atoms with Crippen molar-refractivity contribution in [1.82, 2.24) is 14.7 Å². The van der Waals surface area contributed by atoms with Crippen molar-refractivity contribution in [2.24, 2.45) is 10.7 Å². The molecule has 1 amide bonds. The number of amides is 1. The number of hydrogen-bond acceptors (Lipinski definition) is 5. The van der Waals surface area contributed by atoms with Gasteiger partial charge in [0.05, 0.1) is 55.0 Å². The lowest BCUT2D eigenvalue weighted by Gasteiger charge is -2.28. The van der Waals surface area contributed by atoms with E-state index in [9.17, 15) is 4.79 Å². The van der Waals surface area contributed by atoms with Crippen LogP contribution in [0.5, 0.6) is 0 Å². The van der Waals surface area contributed by atoms with Gasteiger partial charge in [0, 0.05) is 23.3 Å². The molecular weight excluding hydrogens is 462 g/mol. The van der Waals surface area contributed by atoms with Gasteiger partial charge in [-0.05, 0) is 36.6 Å². The average molecular weight is 490 g/mol. The third-order valence-electron chi connectivity index (χ3n) is 6.45. The number of nitrogens with two attached hydrogens (primary N) is 1. The zero-order valence-electron chi connectivity index (χ0n) is 19.4. The van der Waals surface area contributed by atoms with Crippen molar-refractivity contribution in [3.05, 3.63) is 83.0 Å². The van der Waals surface area contributed by atoms with Gasteiger partial charge in [-0.1, -0.05) is 54.1 Å². The van der Waals surface area contributed by atoms with E-state index in [1.54, 1.807) is 0 Å². The molecule has 0 radical (unpaired) electrons. The minimum atomic E-state index is -0.0943. The summed E-state index contributed by atoms with van der Waals surface area (Å²) >= 11 is 6.01. The summed E-state index contributed by atoms with van der Waals surface area (Å²) in [6.07, 6.45) is 3.80. The molecular formula is C27H28ClN5O2. The van der Waals surface area contributed by atoms with Gasteiger partial charge in [0.1, 0.15) is 0 Å². The van der Waals surface area contributed by atoms with Gasteiger partial charge in [-0.25, -0.2) is 0 Å². The third kappa shape index (κ3) is 5.16. The monoisotopic (exact) mass is 489 g/mol. The first kappa shape index (κ1) is 23.3. The molecule has 2 N–H and O–H groups in total. The molecule has 3 heterocycles. The molecule has 5 rings (SSSR count). The fourth-order valence-corrected chi connectivity index (χ4v) is 4.78. The number of benzene rings is 2. The molecule has 1 fully saturated rings. The molecule has 0 spiro atoms. The van der Waals surface area contributed by atoms with Gasteiger partial charge >= 0.3 is 0 Å². The Morgan fingerprint density at radius 3 is 2.66 bits per heavy atom. The van der Waals surface area contributed by atoms with Crippen molar-refractivity contribution in [2.45, 2.75) is 25.4 Å². The minimum absolute atomic E-state index is 0.0177. The van der Waals surface area contributed by atoms with Crippen LogP contribution in [0.4, 0.5) is 0 Å². The van der Waals surface area contributed by atoms with Crippen LogP contribution in [0.3, 0.4) is 0 Å². The summed E-state index contributed by atoms with van der Waals surface area (Å²) in [4.78, 5) is 20.5. The largest absolute Gasteiger partial charge is 0.398 e. The second-order valence-electron chi connectivity index (χ2n) is 8.76. The van der Waals surface area contributed by atoms with E-state index >= 15 is 0 Å². The molecule has 8 heteroatoms. The number of nitrogens with zero attached hydrogens (tertiary/aromatic N) is 4. The van der Waals surface area contributed by atoms with Crippen LogP contribution in [0.15, 0.2) is 77.4 Å². The number of likely N-dealkylation sites (tertiary alicyclic amines) is 1. The van der Waals surface area contributed by atoms with E-state index in [0.29, 0.717) is 48.2 Å². The molecule has 7 nitrogen and oxygen atoms in total. The summed E-state index contributed by atoms with van der Waals surface area (Å²) in [5.74, 6) is -0.0943. The molecule has 0 bridgehead atoms. The van der Waals surface area contributed by atoms with Gasteiger partial charge in [-0.2, -0.15) is 5.10 Å². The lowest BCUT2D eigenvalue weighted by molar-refractivity contribution is -0.127. The Kier molecular flexibility index (Phi) is 6.97. The summed E-state index contributed by atoms with van der Waals surface area (Å²) in [6.45, 7) is 2.66. The van der Waals surface area contributed by atoms with Crippen LogP contribution < -0.4 is 5.73 Å². The predicted octanol–water partition coefficient (Wildman–Crippen LogP) is 4.04. The number of hydrogen-bond donors (Lipinski definition) is 1. The Labute approximate surface area is 209 Å². The molecule has 2 aliphatic heterocycles. The van der Waals surface area contributed by atoms with E-state index in [0.717, 1.165) is 29.7 Å². The van der Waals surface area contributed by atoms with Crippen molar-refractivity contribution in [2.75, 3.05) is 26.3 Å². The van der Waals surface area contributed by atoms with E-state index < -0.39 is 0 Å². The number of halogens is 1. The van der Waals surface area contributed by atoms with Gasteiger partial charge in [-0.3, -0.25) is 14.5 Å². The highest BCUT2D eigenvalue weighted by atomic mass is 35.5. The summed E-state index contributed by atoms with van der Waals surface area (Å²) in [7, 11) is 0. The van der Waals surface area contributed by atoms with Gasteiger partial charge in [0.15, 0.2) is 0 Å². The lowest BCUT2D eigenvalue weighted by atomic mass is 10.0. The van der Waals surface area contributed by atoms with Crippen LogP contribution in [0, 0.1) is 0 Å². The Morgan fingerprint density at radius 1 is 1.11 bits per heavy atom. The second-order valence-corrected chi connectivity index (χ2v) is 9.20. The Morgan fingerprint density at radius 2 is 1.91 bits per heavy atom. The first-order chi connectivity index (χ1) is 17.1. The molecule has 180 valence electrons. The quantitative estimate of drug-likeness (QED) is 0.529. The number of aliphatic imine (C=N–C) groups is 1. The molecule has 1 aromatic heterocycles. The summed E-state index contributed by atoms with van der Waals surface area (Å²) in [6, 6.07) is 19.2. The van der Waals surface area contributed by atoms with Crippen molar-refractivity contribution in [1.29, 1.82) is 0 Å². The molecule has 1 atom stereocenters. The van der Waals surface area contributed by atoms with E-state index in [2.05, 4.69) is 4.99 Å². The van der Waals surface area contributed by atoms with Gasteiger partial charge in [0.25, 0.3) is 5.91 Å². The van der Waals surface area contributed by atoms with E-state index in [1.165, 1.54) is 0 Å². The fourth-order valence-electron chi connectivity index (χ4n) is 4.66. The zero-order valence-corrected chi connectivity index (χ0v) is 20.2. The van der Waals surface area contributed by atoms with Crippen molar-refractivity contribution in [3.63, 3.8) is 0 Å². The third-order valence-corrected chi connectivity index (χ3v) is 6.70. The molecule has 0 aliphatic carbocycles.